The maximum absolute atomic E-state index is 12.8. The number of alkyl halides is 3. The Bertz CT molecular complexity index is 1120. The number of carbonyl (C=O) groups is 2. The number of anilines is 1. The van der Waals surface area contributed by atoms with Gasteiger partial charge < -0.3 is 10.6 Å². The molecule has 0 radical (unpaired) electrons. The first-order valence-corrected chi connectivity index (χ1v) is 12.3. The van der Waals surface area contributed by atoms with Crippen molar-refractivity contribution in [1.29, 1.82) is 0 Å². The van der Waals surface area contributed by atoms with Gasteiger partial charge in [0.15, 0.2) is 0 Å². The van der Waals surface area contributed by atoms with Crippen molar-refractivity contribution in [3.8, 4) is 0 Å². The second-order valence-electron chi connectivity index (χ2n) is 10.1. The number of rotatable bonds is 7. The van der Waals surface area contributed by atoms with Gasteiger partial charge in [0.05, 0.1) is 12.1 Å². The molecule has 0 spiro atoms. The Hall–Kier alpha value is -3.09. The van der Waals surface area contributed by atoms with Crippen LogP contribution < -0.4 is 10.6 Å². The van der Waals surface area contributed by atoms with Gasteiger partial charge >= 0.3 is 6.18 Å². The van der Waals surface area contributed by atoms with Gasteiger partial charge in [-0.25, -0.2) is 0 Å². The molecule has 3 aliphatic carbocycles. The molecule has 3 atom stereocenters. The molecule has 7 heteroatoms. The van der Waals surface area contributed by atoms with Crippen LogP contribution in [0.15, 0.2) is 66.2 Å². The second-order valence-corrected chi connectivity index (χ2v) is 10.1. The van der Waals surface area contributed by atoms with Crippen LogP contribution in [0, 0.1) is 23.7 Å². The standard InChI is InChI=1S/C28H29F3N2O2/c29-28(30,31)21-7-4-8-22(15-21)33-25(34)16-32-27(35)26-23-10-9-17(14-24(23)26)11-18-12-20(13-18)19-5-2-1-3-6-19/h1-9,15,18,20,23-24,26H,10-14,16H2,(H,32,35)(H,33,34)/t18?,20?,23-,24+,26+/m1/s1. The molecule has 0 unspecified atom stereocenters. The van der Waals surface area contributed by atoms with E-state index in [0.29, 0.717) is 23.7 Å². The highest BCUT2D eigenvalue weighted by Gasteiger charge is 2.55. The highest BCUT2D eigenvalue weighted by atomic mass is 19.4. The first-order valence-electron chi connectivity index (χ1n) is 12.3. The molecule has 0 heterocycles. The Balaban J connectivity index is 1.04. The monoisotopic (exact) mass is 482 g/mol. The van der Waals surface area contributed by atoms with Gasteiger partial charge in [-0.05, 0) is 79.5 Å². The number of amides is 2. The van der Waals surface area contributed by atoms with Gasteiger partial charge in [-0.15, -0.1) is 0 Å². The third-order valence-corrected chi connectivity index (χ3v) is 7.77. The fraction of sp³-hybridized carbons (Fsp3) is 0.429. The van der Waals surface area contributed by atoms with E-state index >= 15 is 0 Å². The van der Waals surface area contributed by atoms with Crippen molar-refractivity contribution in [3.05, 3.63) is 77.4 Å². The molecule has 0 bridgehead atoms. The summed E-state index contributed by atoms with van der Waals surface area (Å²) >= 11 is 0. The van der Waals surface area contributed by atoms with Crippen LogP contribution in [0.3, 0.4) is 0 Å². The zero-order valence-corrected chi connectivity index (χ0v) is 19.4. The maximum Gasteiger partial charge on any atom is 0.416 e. The molecule has 5 rings (SSSR count). The molecule has 0 saturated heterocycles. The molecule has 2 aromatic carbocycles. The van der Waals surface area contributed by atoms with E-state index < -0.39 is 17.6 Å². The number of fused-ring (bicyclic) bond motifs is 1. The fourth-order valence-corrected chi connectivity index (χ4v) is 5.82. The van der Waals surface area contributed by atoms with Crippen LogP contribution in [0.4, 0.5) is 18.9 Å². The first-order chi connectivity index (χ1) is 16.8. The summed E-state index contributed by atoms with van der Waals surface area (Å²) in [6.45, 7) is -0.256. The Kier molecular flexibility index (Phi) is 6.43. The van der Waals surface area contributed by atoms with E-state index in [0.717, 1.165) is 31.4 Å². The Labute approximate surface area is 203 Å². The van der Waals surface area contributed by atoms with E-state index in [9.17, 15) is 22.8 Å². The molecule has 2 amide bonds. The number of allylic oxidation sites excluding steroid dienone is 2. The average Bonchev–Trinajstić information content (AvgIpc) is 3.53. The molecule has 35 heavy (non-hydrogen) atoms. The number of benzene rings is 2. The summed E-state index contributed by atoms with van der Waals surface area (Å²) in [5, 5.41) is 5.10. The number of hydrogen-bond donors (Lipinski definition) is 2. The molecule has 2 aromatic rings. The van der Waals surface area contributed by atoms with E-state index in [2.05, 4.69) is 41.0 Å². The van der Waals surface area contributed by atoms with Gasteiger partial charge in [-0.3, -0.25) is 9.59 Å². The van der Waals surface area contributed by atoms with Gasteiger partial charge in [0.25, 0.3) is 0 Å². The number of hydrogen-bond acceptors (Lipinski definition) is 2. The molecule has 0 aromatic heterocycles. The summed E-state index contributed by atoms with van der Waals surface area (Å²) < 4.78 is 38.5. The van der Waals surface area contributed by atoms with Gasteiger partial charge in [0.1, 0.15) is 0 Å². The third kappa shape index (κ3) is 5.44. The third-order valence-electron chi connectivity index (χ3n) is 7.77. The number of halogens is 3. The normalized spacial score (nSPS) is 27.2. The Morgan fingerprint density at radius 1 is 0.971 bits per heavy atom. The highest BCUT2D eigenvalue weighted by molar-refractivity contribution is 5.95. The van der Waals surface area contributed by atoms with Crippen LogP contribution in [0.1, 0.15) is 49.1 Å². The van der Waals surface area contributed by atoms with E-state index in [4.69, 9.17) is 0 Å². The minimum Gasteiger partial charge on any atom is -0.347 e. The van der Waals surface area contributed by atoms with E-state index in [1.54, 1.807) is 0 Å². The van der Waals surface area contributed by atoms with Crippen molar-refractivity contribution in [2.75, 3.05) is 11.9 Å². The predicted octanol–water partition coefficient (Wildman–Crippen LogP) is 5.93. The van der Waals surface area contributed by atoms with Crippen LogP contribution in [0.5, 0.6) is 0 Å². The van der Waals surface area contributed by atoms with Crippen LogP contribution >= 0.6 is 0 Å². The first kappa shape index (κ1) is 23.6. The molecular formula is C28H29F3N2O2. The molecule has 2 saturated carbocycles. The molecular weight excluding hydrogens is 453 g/mol. The van der Waals surface area contributed by atoms with Crippen LogP contribution in [-0.4, -0.2) is 18.4 Å². The Morgan fingerprint density at radius 3 is 2.49 bits per heavy atom. The molecule has 0 aliphatic heterocycles. The van der Waals surface area contributed by atoms with Crippen molar-refractivity contribution >= 4 is 17.5 Å². The average molecular weight is 483 g/mol. The van der Waals surface area contributed by atoms with Crippen molar-refractivity contribution in [1.82, 2.24) is 5.32 Å². The van der Waals surface area contributed by atoms with Crippen molar-refractivity contribution in [2.45, 2.75) is 44.2 Å². The predicted molar refractivity (Wildman–Crippen MR) is 127 cm³/mol. The summed E-state index contributed by atoms with van der Waals surface area (Å²) in [5.41, 5.74) is 2.11. The largest absolute Gasteiger partial charge is 0.416 e. The smallest absolute Gasteiger partial charge is 0.347 e. The summed E-state index contributed by atoms with van der Waals surface area (Å²) in [6, 6.07) is 15.1. The maximum atomic E-state index is 12.8. The SMILES string of the molecule is O=C(CNC(=O)[C@H]1[C@@H]2CC=C(CC3CC(c4ccccc4)C3)C[C@@H]21)Nc1cccc(C(F)(F)F)c1. The lowest BCUT2D eigenvalue weighted by Gasteiger charge is -2.36. The zero-order chi connectivity index (χ0) is 24.6. The molecule has 4 nitrogen and oxygen atoms in total. The number of carbonyl (C=O) groups excluding carboxylic acids is 2. The highest BCUT2D eigenvalue weighted by Crippen LogP contribution is 2.56. The molecule has 3 aliphatic rings. The molecule has 2 fully saturated rings. The number of nitrogens with one attached hydrogen (secondary N) is 2. The lowest BCUT2D eigenvalue weighted by molar-refractivity contribution is -0.137. The van der Waals surface area contributed by atoms with E-state index in [1.807, 2.05) is 6.07 Å². The van der Waals surface area contributed by atoms with E-state index in [-0.39, 0.29) is 24.1 Å². The summed E-state index contributed by atoms with van der Waals surface area (Å²) in [4.78, 5) is 24.8. The summed E-state index contributed by atoms with van der Waals surface area (Å²) in [6.07, 6.45) is 3.24. The molecule has 184 valence electrons. The van der Waals surface area contributed by atoms with Crippen molar-refractivity contribution in [2.24, 2.45) is 23.7 Å². The Morgan fingerprint density at radius 2 is 1.74 bits per heavy atom. The van der Waals surface area contributed by atoms with Gasteiger partial charge in [-0.1, -0.05) is 48.0 Å². The zero-order valence-electron chi connectivity index (χ0n) is 19.4. The topological polar surface area (TPSA) is 58.2 Å². The second kappa shape index (κ2) is 9.51. The molecule has 2 N–H and O–H groups in total. The van der Waals surface area contributed by atoms with Crippen LogP contribution in [0.25, 0.3) is 0 Å². The van der Waals surface area contributed by atoms with Gasteiger partial charge in [-0.2, -0.15) is 13.2 Å². The van der Waals surface area contributed by atoms with Gasteiger partial charge in [0.2, 0.25) is 11.8 Å². The van der Waals surface area contributed by atoms with Crippen LogP contribution in [-0.2, 0) is 15.8 Å². The summed E-state index contributed by atoms with van der Waals surface area (Å²) in [5.74, 6) is 1.30. The minimum atomic E-state index is -4.48. The van der Waals surface area contributed by atoms with Crippen molar-refractivity contribution in [3.63, 3.8) is 0 Å². The van der Waals surface area contributed by atoms with Gasteiger partial charge in [0, 0.05) is 11.6 Å². The van der Waals surface area contributed by atoms with Crippen LogP contribution in [0.2, 0.25) is 0 Å². The fourth-order valence-electron chi connectivity index (χ4n) is 5.82. The lowest BCUT2D eigenvalue weighted by Crippen LogP contribution is -2.34. The van der Waals surface area contributed by atoms with E-state index in [1.165, 1.54) is 36.1 Å². The minimum absolute atomic E-state index is 0.0542. The van der Waals surface area contributed by atoms with Crippen molar-refractivity contribution < 1.29 is 22.8 Å². The summed E-state index contributed by atoms with van der Waals surface area (Å²) in [7, 11) is 0. The quantitative estimate of drug-likeness (QED) is 0.481. The lowest BCUT2D eigenvalue weighted by atomic mass is 9.68.